The molecule has 0 aliphatic rings. The van der Waals surface area contributed by atoms with Gasteiger partial charge in [0.05, 0.1) is 29.6 Å². The molecule has 0 aliphatic carbocycles. The average molecular weight is 439 g/mol. The highest BCUT2D eigenvalue weighted by Gasteiger charge is 2.16. The van der Waals surface area contributed by atoms with Crippen LogP contribution in [0.1, 0.15) is 10.4 Å². The zero-order valence-electron chi connectivity index (χ0n) is 17.1. The molecular weight excluding hydrogens is 420 g/mol. The number of para-hydroxylation sites is 1. The lowest BCUT2D eigenvalue weighted by atomic mass is 10.0. The van der Waals surface area contributed by atoms with Crippen molar-refractivity contribution in [2.45, 2.75) is 0 Å². The fourth-order valence-corrected chi connectivity index (χ4v) is 4.13. The molecule has 0 saturated heterocycles. The van der Waals surface area contributed by atoms with E-state index in [1.807, 2.05) is 72.1 Å². The fraction of sp³-hybridized carbons (Fsp3) is 0.0400. The van der Waals surface area contributed by atoms with E-state index in [2.05, 4.69) is 15.3 Å². The topological polar surface area (TPSA) is 77.0 Å². The van der Waals surface area contributed by atoms with E-state index in [1.165, 1.54) is 11.3 Å². The highest BCUT2D eigenvalue weighted by atomic mass is 32.1. The first-order valence-electron chi connectivity index (χ1n) is 9.93. The zero-order chi connectivity index (χ0) is 21.9. The maximum atomic E-state index is 13.3. The molecule has 32 heavy (non-hydrogen) atoms. The van der Waals surface area contributed by atoms with Gasteiger partial charge < -0.3 is 4.74 Å². The van der Waals surface area contributed by atoms with Crippen LogP contribution in [0.25, 0.3) is 33.4 Å². The van der Waals surface area contributed by atoms with E-state index in [0.717, 1.165) is 33.5 Å². The van der Waals surface area contributed by atoms with E-state index >= 15 is 0 Å². The smallest absolute Gasteiger partial charge is 0.258 e. The Labute approximate surface area is 188 Å². The molecule has 0 aliphatic heterocycles. The standard InChI is InChI=1S/C25H18N4O2S/c1-31-18-10-8-16(9-11-18)22-13-20(19-6-2-3-7-21(19)27-22)24(30)29-25-28-23(15-32-25)17-5-4-12-26-14-17/h2-15H,1H3,(H,28,29,30). The number of thiazole rings is 1. The molecule has 0 atom stereocenters. The SMILES string of the molecule is COc1ccc(-c2cc(C(=O)Nc3nc(-c4cccnc4)cs3)c3ccccc3n2)cc1. The average Bonchev–Trinajstić information content (AvgIpc) is 3.32. The van der Waals surface area contributed by atoms with Gasteiger partial charge in [-0.3, -0.25) is 15.1 Å². The number of ether oxygens (including phenoxy) is 1. The lowest BCUT2D eigenvalue weighted by Gasteiger charge is -2.10. The van der Waals surface area contributed by atoms with Gasteiger partial charge in [-0.05, 0) is 48.5 Å². The van der Waals surface area contributed by atoms with Gasteiger partial charge in [0.2, 0.25) is 0 Å². The van der Waals surface area contributed by atoms with E-state index in [9.17, 15) is 4.79 Å². The van der Waals surface area contributed by atoms with Crippen LogP contribution in [0.5, 0.6) is 5.75 Å². The van der Waals surface area contributed by atoms with Gasteiger partial charge in [0.25, 0.3) is 5.91 Å². The van der Waals surface area contributed by atoms with Crippen molar-refractivity contribution in [3.63, 3.8) is 0 Å². The minimum atomic E-state index is -0.231. The quantitative estimate of drug-likeness (QED) is 0.382. The highest BCUT2D eigenvalue weighted by molar-refractivity contribution is 7.14. The summed E-state index contributed by atoms with van der Waals surface area (Å²) in [4.78, 5) is 26.7. The summed E-state index contributed by atoms with van der Waals surface area (Å²) >= 11 is 1.38. The van der Waals surface area contributed by atoms with Crippen molar-refractivity contribution in [3.8, 4) is 28.3 Å². The van der Waals surface area contributed by atoms with Crippen molar-refractivity contribution in [1.82, 2.24) is 15.0 Å². The Bertz CT molecular complexity index is 1400. The Morgan fingerprint density at radius 1 is 0.938 bits per heavy atom. The van der Waals surface area contributed by atoms with Crippen LogP contribution >= 0.6 is 11.3 Å². The molecule has 1 amide bonds. The molecule has 5 rings (SSSR count). The van der Waals surface area contributed by atoms with Crippen molar-refractivity contribution in [3.05, 3.63) is 90.1 Å². The summed E-state index contributed by atoms with van der Waals surface area (Å²) in [5.74, 6) is 0.533. The van der Waals surface area contributed by atoms with Gasteiger partial charge in [0, 0.05) is 34.3 Å². The third-order valence-corrected chi connectivity index (χ3v) is 5.79. The van der Waals surface area contributed by atoms with Crippen LogP contribution in [0.4, 0.5) is 5.13 Å². The first kappa shape index (κ1) is 19.8. The molecule has 0 saturated carbocycles. The molecule has 3 aromatic heterocycles. The van der Waals surface area contributed by atoms with Gasteiger partial charge in [-0.2, -0.15) is 0 Å². The molecule has 5 aromatic rings. The third kappa shape index (κ3) is 3.93. The third-order valence-electron chi connectivity index (χ3n) is 5.03. The number of benzene rings is 2. The number of amides is 1. The first-order valence-corrected chi connectivity index (χ1v) is 10.8. The summed E-state index contributed by atoms with van der Waals surface area (Å²) in [7, 11) is 1.63. The molecule has 0 radical (unpaired) electrons. The van der Waals surface area contributed by atoms with Crippen molar-refractivity contribution < 1.29 is 9.53 Å². The minimum Gasteiger partial charge on any atom is -0.497 e. The summed E-state index contributed by atoms with van der Waals surface area (Å²) in [6.45, 7) is 0. The van der Waals surface area contributed by atoms with Crippen LogP contribution in [0.2, 0.25) is 0 Å². The van der Waals surface area contributed by atoms with Gasteiger partial charge in [-0.1, -0.05) is 18.2 Å². The molecule has 3 heterocycles. The Balaban J connectivity index is 1.50. The highest BCUT2D eigenvalue weighted by Crippen LogP contribution is 2.28. The number of nitrogens with zero attached hydrogens (tertiary/aromatic N) is 3. The van der Waals surface area contributed by atoms with Crippen LogP contribution in [0.3, 0.4) is 0 Å². The number of fused-ring (bicyclic) bond motifs is 1. The Kier molecular flexibility index (Phi) is 5.31. The predicted octanol–water partition coefficient (Wildman–Crippen LogP) is 5.68. The molecule has 156 valence electrons. The Morgan fingerprint density at radius 3 is 2.56 bits per heavy atom. The van der Waals surface area contributed by atoms with Gasteiger partial charge in [-0.15, -0.1) is 11.3 Å². The number of hydrogen-bond donors (Lipinski definition) is 1. The zero-order valence-corrected chi connectivity index (χ0v) is 18.0. The number of rotatable bonds is 5. The summed E-state index contributed by atoms with van der Waals surface area (Å²) < 4.78 is 5.24. The van der Waals surface area contributed by atoms with Crippen molar-refractivity contribution >= 4 is 33.3 Å². The van der Waals surface area contributed by atoms with E-state index in [0.29, 0.717) is 16.4 Å². The second-order valence-corrected chi connectivity index (χ2v) is 7.89. The summed E-state index contributed by atoms with van der Waals surface area (Å²) in [5.41, 5.74) is 4.59. The number of hydrogen-bond acceptors (Lipinski definition) is 6. The second kappa shape index (κ2) is 8.56. The van der Waals surface area contributed by atoms with E-state index in [4.69, 9.17) is 9.72 Å². The van der Waals surface area contributed by atoms with Crippen LogP contribution in [0, 0.1) is 0 Å². The fourth-order valence-electron chi connectivity index (χ4n) is 3.42. The van der Waals surface area contributed by atoms with Gasteiger partial charge in [0.15, 0.2) is 5.13 Å². The minimum absolute atomic E-state index is 0.231. The number of carbonyl (C=O) groups excluding carboxylic acids is 1. The predicted molar refractivity (Wildman–Crippen MR) is 127 cm³/mol. The van der Waals surface area contributed by atoms with Crippen LogP contribution in [0.15, 0.2) is 84.5 Å². The largest absolute Gasteiger partial charge is 0.497 e. The number of nitrogens with one attached hydrogen (secondary N) is 1. The van der Waals surface area contributed by atoms with E-state index < -0.39 is 0 Å². The summed E-state index contributed by atoms with van der Waals surface area (Å²) in [6, 6.07) is 20.8. The van der Waals surface area contributed by atoms with Gasteiger partial charge in [-0.25, -0.2) is 9.97 Å². The normalized spacial score (nSPS) is 10.8. The van der Waals surface area contributed by atoms with Crippen molar-refractivity contribution in [2.75, 3.05) is 12.4 Å². The second-order valence-electron chi connectivity index (χ2n) is 7.03. The number of carbonyl (C=O) groups is 1. The van der Waals surface area contributed by atoms with Crippen molar-refractivity contribution in [2.24, 2.45) is 0 Å². The molecule has 0 spiro atoms. The summed E-state index contributed by atoms with van der Waals surface area (Å²) in [6.07, 6.45) is 3.46. The van der Waals surface area contributed by atoms with Crippen LogP contribution in [-0.4, -0.2) is 28.0 Å². The van der Waals surface area contributed by atoms with Crippen LogP contribution < -0.4 is 10.1 Å². The molecule has 2 aromatic carbocycles. The van der Waals surface area contributed by atoms with E-state index in [1.54, 1.807) is 19.5 Å². The number of methoxy groups -OCH3 is 1. The van der Waals surface area contributed by atoms with E-state index in [-0.39, 0.29) is 5.91 Å². The molecule has 0 fully saturated rings. The van der Waals surface area contributed by atoms with Crippen LogP contribution in [-0.2, 0) is 0 Å². The molecule has 1 N–H and O–H groups in total. The Hall–Kier alpha value is -4.10. The monoisotopic (exact) mass is 438 g/mol. The van der Waals surface area contributed by atoms with Crippen molar-refractivity contribution in [1.29, 1.82) is 0 Å². The summed E-state index contributed by atoms with van der Waals surface area (Å²) in [5, 5.41) is 6.15. The molecule has 0 unspecified atom stereocenters. The molecule has 0 bridgehead atoms. The maximum absolute atomic E-state index is 13.3. The maximum Gasteiger partial charge on any atom is 0.258 e. The number of anilines is 1. The molecule has 6 nitrogen and oxygen atoms in total. The number of pyridine rings is 2. The molecule has 7 heteroatoms. The number of aromatic nitrogens is 3. The molecular formula is C25H18N4O2S. The van der Waals surface area contributed by atoms with Gasteiger partial charge in [0.1, 0.15) is 5.75 Å². The Morgan fingerprint density at radius 2 is 1.78 bits per heavy atom. The lowest BCUT2D eigenvalue weighted by Crippen LogP contribution is -2.13. The van der Waals surface area contributed by atoms with Gasteiger partial charge >= 0.3 is 0 Å². The lowest BCUT2D eigenvalue weighted by molar-refractivity contribution is 0.102. The first-order chi connectivity index (χ1) is 15.7.